The number of aromatic nitrogens is 2. The van der Waals surface area contributed by atoms with Gasteiger partial charge in [-0.3, -0.25) is 4.57 Å². The van der Waals surface area contributed by atoms with Gasteiger partial charge in [-0.25, -0.2) is 4.98 Å². The lowest BCUT2D eigenvalue weighted by atomic mass is 10.0. The molecule has 1 heterocycles. The Bertz CT molecular complexity index is 1340. The van der Waals surface area contributed by atoms with Gasteiger partial charge in [0.1, 0.15) is 11.6 Å². The molecular weight excluding hydrogens is 416 g/mol. The lowest BCUT2D eigenvalue weighted by molar-refractivity contribution is 0.415. The second-order valence-electron chi connectivity index (χ2n) is 7.41. The molecule has 0 saturated carbocycles. The largest absolute Gasteiger partial charge is 0.497 e. The van der Waals surface area contributed by atoms with Gasteiger partial charge in [-0.1, -0.05) is 84.4 Å². The van der Waals surface area contributed by atoms with E-state index in [1.807, 2.05) is 60.7 Å². The molecule has 0 spiro atoms. The fourth-order valence-corrected chi connectivity index (χ4v) is 4.07. The molecule has 156 valence electrons. The summed E-state index contributed by atoms with van der Waals surface area (Å²) >= 11 is 6.36. The molecule has 3 nitrogen and oxygen atoms in total. The predicted octanol–water partition coefficient (Wildman–Crippen LogP) is 7.54. The highest BCUT2D eigenvalue weighted by Gasteiger charge is 2.22. The average Bonchev–Trinajstić information content (AvgIpc) is 3.26. The highest BCUT2D eigenvalue weighted by Crippen LogP contribution is 2.39. The van der Waals surface area contributed by atoms with E-state index in [9.17, 15) is 0 Å². The Morgan fingerprint density at radius 1 is 0.688 bits per heavy atom. The van der Waals surface area contributed by atoms with Crippen LogP contribution in [0.4, 0.5) is 0 Å². The molecule has 0 bridgehead atoms. The lowest BCUT2D eigenvalue weighted by Gasteiger charge is -2.14. The second-order valence-corrected chi connectivity index (χ2v) is 7.84. The van der Waals surface area contributed by atoms with Crippen molar-refractivity contribution in [2.24, 2.45) is 0 Å². The number of ether oxygens (including phenoxy) is 1. The van der Waals surface area contributed by atoms with Gasteiger partial charge in [-0.05, 0) is 36.4 Å². The summed E-state index contributed by atoms with van der Waals surface area (Å²) in [6, 6.07) is 36.5. The number of nitrogens with zero attached hydrogens (tertiary/aromatic N) is 2. The minimum absolute atomic E-state index is 0.675. The number of benzene rings is 4. The zero-order valence-electron chi connectivity index (χ0n) is 17.6. The third-order valence-electron chi connectivity index (χ3n) is 5.39. The van der Waals surface area contributed by atoms with Crippen molar-refractivity contribution in [2.45, 2.75) is 0 Å². The molecule has 0 atom stereocenters. The summed E-state index contributed by atoms with van der Waals surface area (Å²) in [6.45, 7) is 0. The smallest absolute Gasteiger partial charge is 0.145 e. The van der Waals surface area contributed by atoms with E-state index in [0.29, 0.717) is 5.02 Å². The van der Waals surface area contributed by atoms with E-state index in [0.717, 1.165) is 45.3 Å². The highest BCUT2D eigenvalue weighted by atomic mass is 35.5. The average molecular weight is 437 g/mol. The van der Waals surface area contributed by atoms with E-state index in [4.69, 9.17) is 21.3 Å². The summed E-state index contributed by atoms with van der Waals surface area (Å²) < 4.78 is 7.58. The van der Waals surface area contributed by atoms with Crippen LogP contribution in [-0.2, 0) is 0 Å². The molecule has 4 heteroatoms. The fraction of sp³-hybridized carbons (Fsp3) is 0.0357. The maximum atomic E-state index is 6.36. The molecule has 0 aliphatic carbocycles. The zero-order valence-corrected chi connectivity index (χ0v) is 18.3. The van der Waals surface area contributed by atoms with E-state index in [-0.39, 0.29) is 0 Å². The summed E-state index contributed by atoms with van der Waals surface area (Å²) in [7, 11) is 1.67. The van der Waals surface area contributed by atoms with Crippen LogP contribution in [0.5, 0.6) is 5.75 Å². The first-order valence-electron chi connectivity index (χ1n) is 10.4. The maximum absolute atomic E-state index is 6.36. The first-order valence-corrected chi connectivity index (χ1v) is 10.8. The van der Waals surface area contributed by atoms with Crippen LogP contribution in [0.2, 0.25) is 5.02 Å². The SMILES string of the molecule is COc1ccc(-n2c(-c3cccc(Cl)c3)nc(-c3ccccc3)c2-c2ccccc2)cc1. The summed E-state index contributed by atoms with van der Waals surface area (Å²) in [5.74, 6) is 1.64. The van der Waals surface area contributed by atoms with Crippen LogP contribution in [0.25, 0.3) is 39.6 Å². The van der Waals surface area contributed by atoms with Crippen molar-refractivity contribution in [3.05, 3.63) is 114 Å². The first kappa shape index (κ1) is 20.1. The standard InChI is InChI=1S/C28H21ClN2O/c1-32-25-17-15-24(16-18-25)31-27(21-11-6-3-7-12-21)26(20-9-4-2-5-10-20)30-28(31)22-13-8-14-23(29)19-22/h2-19H,1H3. The molecule has 4 aromatic carbocycles. The van der Waals surface area contributed by atoms with Gasteiger partial charge in [-0.2, -0.15) is 0 Å². The van der Waals surface area contributed by atoms with Crippen LogP contribution in [0.3, 0.4) is 0 Å². The monoisotopic (exact) mass is 436 g/mol. The molecule has 5 rings (SSSR count). The maximum Gasteiger partial charge on any atom is 0.145 e. The molecule has 1 aromatic heterocycles. The highest BCUT2D eigenvalue weighted by molar-refractivity contribution is 6.30. The number of rotatable bonds is 5. The Morgan fingerprint density at radius 3 is 1.94 bits per heavy atom. The summed E-state index contributed by atoms with van der Waals surface area (Å²) in [4.78, 5) is 5.16. The Labute approximate surface area is 192 Å². The van der Waals surface area contributed by atoms with Crippen molar-refractivity contribution in [1.29, 1.82) is 0 Å². The minimum Gasteiger partial charge on any atom is -0.497 e. The number of halogens is 1. The summed E-state index contributed by atoms with van der Waals surface area (Å²) in [5.41, 5.74) is 6.03. The van der Waals surface area contributed by atoms with Gasteiger partial charge < -0.3 is 4.74 Å². The molecule has 0 N–H and O–H groups in total. The summed E-state index contributed by atoms with van der Waals surface area (Å²) in [5, 5.41) is 0.675. The Morgan fingerprint density at radius 2 is 1.31 bits per heavy atom. The van der Waals surface area contributed by atoms with Gasteiger partial charge in [0.25, 0.3) is 0 Å². The van der Waals surface area contributed by atoms with Crippen LogP contribution in [-0.4, -0.2) is 16.7 Å². The molecule has 0 aliphatic heterocycles. The lowest BCUT2D eigenvalue weighted by Crippen LogP contribution is -2.00. The molecule has 0 aliphatic rings. The Hall–Kier alpha value is -3.82. The quantitative estimate of drug-likeness (QED) is 0.284. The molecule has 0 unspecified atom stereocenters. The van der Waals surface area contributed by atoms with Gasteiger partial charge in [0.15, 0.2) is 0 Å². The van der Waals surface area contributed by atoms with E-state index >= 15 is 0 Å². The molecule has 0 saturated heterocycles. The van der Waals surface area contributed by atoms with Gasteiger partial charge in [0.2, 0.25) is 0 Å². The number of hydrogen-bond acceptors (Lipinski definition) is 2. The van der Waals surface area contributed by atoms with Gasteiger partial charge in [-0.15, -0.1) is 0 Å². The Kier molecular flexibility index (Phi) is 5.49. The predicted molar refractivity (Wildman–Crippen MR) is 131 cm³/mol. The third-order valence-corrected chi connectivity index (χ3v) is 5.62. The Balaban J connectivity index is 1.86. The molecule has 0 radical (unpaired) electrons. The van der Waals surface area contributed by atoms with Crippen molar-refractivity contribution in [3.63, 3.8) is 0 Å². The van der Waals surface area contributed by atoms with E-state index in [1.54, 1.807) is 7.11 Å². The van der Waals surface area contributed by atoms with Crippen LogP contribution < -0.4 is 4.74 Å². The molecule has 5 aromatic rings. The number of imidazole rings is 1. The molecule has 0 fully saturated rings. The van der Waals surface area contributed by atoms with Crippen molar-refractivity contribution in [1.82, 2.24) is 9.55 Å². The third kappa shape index (κ3) is 3.79. The normalized spacial score (nSPS) is 10.8. The van der Waals surface area contributed by atoms with Crippen LogP contribution in [0.15, 0.2) is 109 Å². The van der Waals surface area contributed by atoms with Gasteiger partial charge >= 0.3 is 0 Å². The topological polar surface area (TPSA) is 27.1 Å². The van der Waals surface area contributed by atoms with Crippen molar-refractivity contribution >= 4 is 11.6 Å². The molecular formula is C28H21ClN2O. The van der Waals surface area contributed by atoms with E-state index in [1.165, 1.54) is 0 Å². The van der Waals surface area contributed by atoms with Crippen LogP contribution in [0.1, 0.15) is 0 Å². The number of methoxy groups -OCH3 is 1. The first-order chi connectivity index (χ1) is 15.7. The van der Waals surface area contributed by atoms with Crippen molar-refractivity contribution in [2.75, 3.05) is 7.11 Å². The molecule has 0 amide bonds. The van der Waals surface area contributed by atoms with Crippen molar-refractivity contribution < 1.29 is 4.74 Å². The van der Waals surface area contributed by atoms with Crippen molar-refractivity contribution in [3.8, 4) is 45.3 Å². The van der Waals surface area contributed by atoms with E-state index in [2.05, 4.69) is 53.1 Å². The van der Waals surface area contributed by atoms with E-state index < -0.39 is 0 Å². The number of hydrogen-bond donors (Lipinski definition) is 0. The van der Waals surface area contributed by atoms with Crippen LogP contribution >= 0.6 is 11.6 Å². The van der Waals surface area contributed by atoms with Gasteiger partial charge in [0.05, 0.1) is 18.5 Å². The fourth-order valence-electron chi connectivity index (χ4n) is 3.88. The van der Waals surface area contributed by atoms with Gasteiger partial charge in [0, 0.05) is 27.4 Å². The molecule has 32 heavy (non-hydrogen) atoms. The second kappa shape index (κ2) is 8.74. The summed E-state index contributed by atoms with van der Waals surface area (Å²) in [6.07, 6.45) is 0. The minimum atomic E-state index is 0.675. The van der Waals surface area contributed by atoms with Crippen LogP contribution in [0, 0.1) is 0 Å². The zero-order chi connectivity index (χ0) is 21.9.